The molecule has 0 aromatic carbocycles. The summed E-state index contributed by atoms with van der Waals surface area (Å²) in [4.78, 5) is 11.2. The first kappa shape index (κ1) is 15.4. The molecule has 1 heterocycles. The van der Waals surface area contributed by atoms with Crippen molar-refractivity contribution in [1.29, 1.82) is 0 Å². The third-order valence-corrected chi connectivity index (χ3v) is 3.49. The molecular weight excluding hydrogens is 239 g/mol. The second-order valence-electron chi connectivity index (χ2n) is 4.94. The van der Waals surface area contributed by atoms with Crippen molar-refractivity contribution in [2.45, 2.75) is 37.2 Å². The van der Waals surface area contributed by atoms with Crippen molar-refractivity contribution in [3.8, 4) is 0 Å². The highest BCUT2D eigenvalue weighted by molar-refractivity contribution is 6.40. The highest BCUT2D eigenvalue weighted by Gasteiger charge is 2.46. The molecule has 8 heteroatoms. The summed E-state index contributed by atoms with van der Waals surface area (Å²) in [5, 5.41) is 39.5. The van der Waals surface area contributed by atoms with Gasteiger partial charge in [-0.2, -0.15) is 0 Å². The summed E-state index contributed by atoms with van der Waals surface area (Å²) in [6.45, 7) is 1.14. The summed E-state index contributed by atoms with van der Waals surface area (Å²) in [5.41, 5.74) is 4.15. The lowest BCUT2D eigenvalue weighted by molar-refractivity contribution is -0.151. The Bertz CT molecular complexity index is 287. The molecule has 0 spiro atoms. The Labute approximate surface area is 106 Å². The van der Waals surface area contributed by atoms with Gasteiger partial charge < -0.3 is 31.3 Å². The second-order valence-corrected chi connectivity index (χ2v) is 4.94. The van der Waals surface area contributed by atoms with Gasteiger partial charge in [-0.25, -0.2) is 0 Å². The van der Waals surface area contributed by atoms with Crippen molar-refractivity contribution in [2.24, 2.45) is 11.7 Å². The van der Waals surface area contributed by atoms with E-state index in [4.69, 9.17) is 15.8 Å². The van der Waals surface area contributed by atoms with Crippen LogP contribution in [0.4, 0.5) is 0 Å². The number of carbonyl (C=O) groups is 1. The van der Waals surface area contributed by atoms with Crippen molar-refractivity contribution in [2.75, 3.05) is 13.1 Å². The minimum absolute atomic E-state index is 0.118. The van der Waals surface area contributed by atoms with Crippen molar-refractivity contribution >= 4 is 13.1 Å². The number of hydrogen-bond donors (Lipinski definition) is 6. The standard InChI is InChI=1S/C10H21BN2O5/c12-10(9(15)16,3-1-2-4-11(17)18)8(14)7-5-13-6-7/h7-8,13-14,17-18H,1-6,12H2,(H,15,16). The van der Waals surface area contributed by atoms with Gasteiger partial charge in [-0.15, -0.1) is 0 Å². The van der Waals surface area contributed by atoms with E-state index in [0.717, 1.165) is 0 Å². The van der Waals surface area contributed by atoms with Crippen LogP contribution in [-0.4, -0.2) is 58.1 Å². The normalized spacial score (nSPS) is 20.9. The number of aliphatic carboxylic acids is 1. The number of unbranched alkanes of at least 4 members (excludes halogenated alkanes) is 1. The van der Waals surface area contributed by atoms with E-state index in [-0.39, 0.29) is 18.7 Å². The molecule has 7 N–H and O–H groups in total. The van der Waals surface area contributed by atoms with Gasteiger partial charge in [-0.05, 0) is 12.7 Å². The predicted octanol–water partition coefficient (Wildman–Crippen LogP) is -2.01. The fourth-order valence-electron chi connectivity index (χ4n) is 2.08. The van der Waals surface area contributed by atoms with Crippen LogP contribution in [0, 0.1) is 5.92 Å². The van der Waals surface area contributed by atoms with E-state index in [1.54, 1.807) is 0 Å². The highest BCUT2D eigenvalue weighted by Crippen LogP contribution is 2.25. The monoisotopic (exact) mass is 260 g/mol. The summed E-state index contributed by atoms with van der Waals surface area (Å²) in [6.07, 6.45) is 0.0935. The van der Waals surface area contributed by atoms with E-state index in [1.165, 1.54) is 0 Å². The zero-order chi connectivity index (χ0) is 13.8. The molecule has 1 rings (SSSR count). The molecule has 0 amide bonds. The van der Waals surface area contributed by atoms with Gasteiger partial charge in [0.15, 0.2) is 0 Å². The number of nitrogens with two attached hydrogens (primary N) is 1. The summed E-state index contributed by atoms with van der Waals surface area (Å²) >= 11 is 0. The average Bonchev–Trinajstić information content (AvgIpc) is 2.20. The summed E-state index contributed by atoms with van der Waals surface area (Å²) in [6, 6.07) is 0. The number of nitrogens with one attached hydrogen (secondary N) is 1. The Kier molecular flexibility index (Phi) is 5.55. The molecule has 0 radical (unpaired) electrons. The average molecular weight is 260 g/mol. The number of carboxylic acids is 1. The fourth-order valence-corrected chi connectivity index (χ4v) is 2.08. The molecule has 0 aromatic heterocycles. The Morgan fingerprint density at radius 2 is 2.06 bits per heavy atom. The number of hydrogen-bond acceptors (Lipinski definition) is 6. The van der Waals surface area contributed by atoms with Crippen LogP contribution >= 0.6 is 0 Å². The molecule has 0 saturated carbocycles. The van der Waals surface area contributed by atoms with Crippen LogP contribution in [0.2, 0.25) is 6.32 Å². The molecule has 1 fully saturated rings. The van der Waals surface area contributed by atoms with Gasteiger partial charge >= 0.3 is 13.1 Å². The van der Waals surface area contributed by atoms with Gasteiger partial charge in [-0.3, -0.25) is 4.79 Å². The van der Waals surface area contributed by atoms with Crippen LogP contribution in [-0.2, 0) is 4.79 Å². The van der Waals surface area contributed by atoms with Crippen molar-refractivity contribution < 1.29 is 25.1 Å². The van der Waals surface area contributed by atoms with E-state index >= 15 is 0 Å². The van der Waals surface area contributed by atoms with Crippen molar-refractivity contribution in [3.63, 3.8) is 0 Å². The molecule has 2 unspecified atom stereocenters. The quantitative estimate of drug-likeness (QED) is 0.219. The van der Waals surface area contributed by atoms with Gasteiger partial charge in [0, 0.05) is 19.0 Å². The molecule has 2 atom stereocenters. The lowest BCUT2D eigenvalue weighted by atomic mass is 9.77. The number of aliphatic hydroxyl groups excluding tert-OH is 1. The molecule has 1 saturated heterocycles. The van der Waals surface area contributed by atoms with E-state index in [1.807, 2.05) is 0 Å². The molecule has 1 aliphatic rings. The largest absolute Gasteiger partial charge is 0.480 e. The number of rotatable bonds is 8. The van der Waals surface area contributed by atoms with E-state index in [9.17, 15) is 15.0 Å². The molecule has 0 bridgehead atoms. The maximum absolute atomic E-state index is 11.2. The summed E-state index contributed by atoms with van der Waals surface area (Å²) < 4.78 is 0. The van der Waals surface area contributed by atoms with Crippen molar-refractivity contribution in [1.82, 2.24) is 5.32 Å². The summed E-state index contributed by atoms with van der Waals surface area (Å²) in [5.74, 6) is -1.35. The first-order chi connectivity index (χ1) is 8.38. The zero-order valence-electron chi connectivity index (χ0n) is 10.2. The Hall–Kier alpha value is -0.665. The molecule has 1 aliphatic heterocycles. The number of carboxylic acid groups (broad SMARTS) is 1. The SMILES string of the molecule is NC(CCCCB(O)O)(C(=O)O)C(O)C1CNC1. The van der Waals surface area contributed by atoms with Crippen LogP contribution in [0.3, 0.4) is 0 Å². The first-order valence-corrected chi connectivity index (χ1v) is 6.15. The van der Waals surface area contributed by atoms with Crippen LogP contribution in [0.5, 0.6) is 0 Å². The third kappa shape index (κ3) is 3.66. The Morgan fingerprint density at radius 3 is 2.44 bits per heavy atom. The van der Waals surface area contributed by atoms with E-state index < -0.39 is 24.7 Å². The minimum atomic E-state index is -1.66. The lowest BCUT2D eigenvalue weighted by Gasteiger charge is -2.39. The molecule has 7 nitrogen and oxygen atoms in total. The molecule has 0 aliphatic carbocycles. The first-order valence-electron chi connectivity index (χ1n) is 6.15. The summed E-state index contributed by atoms with van der Waals surface area (Å²) in [7, 11) is -1.39. The molecule has 0 aromatic rings. The number of aliphatic hydroxyl groups is 1. The Morgan fingerprint density at radius 1 is 1.44 bits per heavy atom. The zero-order valence-corrected chi connectivity index (χ0v) is 10.2. The smallest absolute Gasteiger partial charge is 0.451 e. The molecule has 104 valence electrons. The second kappa shape index (κ2) is 6.49. The van der Waals surface area contributed by atoms with Crippen LogP contribution < -0.4 is 11.1 Å². The fraction of sp³-hybridized carbons (Fsp3) is 0.900. The topological polar surface area (TPSA) is 136 Å². The van der Waals surface area contributed by atoms with Gasteiger partial charge in [0.05, 0.1) is 6.10 Å². The maximum atomic E-state index is 11.2. The third-order valence-electron chi connectivity index (χ3n) is 3.49. The van der Waals surface area contributed by atoms with Gasteiger partial charge in [0.1, 0.15) is 5.54 Å². The van der Waals surface area contributed by atoms with E-state index in [0.29, 0.717) is 25.9 Å². The highest BCUT2D eigenvalue weighted by atomic mass is 16.4. The van der Waals surface area contributed by atoms with Gasteiger partial charge in [0.2, 0.25) is 0 Å². The van der Waals surface area contributed by atoms with Gasteiger partial charge in [-0.1, -0.05) is 12.8 Å². The molecule has 18 heavy (non-hydrogen) atoms. The predicted molar refractivity (Wildman–Crippen MR) is 65.8 cm³/mol. The molecular formula is C10H21BN2O5. The van der Waals surface area contributed by atoms with Crippen LogP contribution in [0.25, 0.3) is 0 Å². The van der Waals surface area contributed by atoms with Crippen LogP contribution in [0.1, 0.15) is 19.3 Å². The lowest BCUT2D eigenvalue weighted by Crippen LogP contribution is -2.65. The minimum Gasteiger partial charge on any atom is -0.480 e. The van der Waals surface area contributed by atoms with Crippen molar-refractivity contribution in [3.05, 3.63) is 0 Å². The van der Waals surface area contributed by atoms with Gasteiger partial charge in [0.25, 0.3) is 0 Å². The maximum Gasteiger partial charge on any atom is 0.451 e. The van der Waals surface area contributed by atoms with Crippen LogP contribution in [0.15, 0.2) is 0 Å². The van der Waals surface area contributed by atoms with E-state index in [2.05, 4.69) is 5.32 Å². The Balaban J connectivity index is 2.48.